The SMILES string of the molecule is O=C(CC1COCCN1)NCCc1ccccc1. The minimum absolute atomic E-state index is 0.0916. The van der Waals surface area contributed by atoms with Gasteiger partial charge in [0, 0.05) is 25.6 Å². The topological polar surface area (TPSA) is 50.4 Å². The number of rotatable bonds is 5. The lowest BCUT2D eigenvalue weighted by molar-refractivity contribution is -0.122. The van der Waals surface area contributed by atoms with E-state index < -0.39 is 0 Å². The third-order valence-corrected chi connectivity index (χ3v) is 3.01. The largest absolute Gasteiger partial charge is 0.378 e. The fourth-order valence-electron chi connectivity index (χ4n) is 2.04. The smallest absolute Gasteiger partial charge is 0.221 e. The fraction of sp³-hybridized carbons (Fsp3) is 0.500. The molecule has 0 aromatic heterocycles. The Bertz CT molecular complexity index is 361. The molecule has 0 bridgehead atoms. The number of carbonyl (C=O) groups excluding carboxylic acids is 1. The summed E-state index contributed by atoms with van der Waals surface area (Å²) < 4.78 is 5.31. The van der Waals surface area contributed by atoms with E-state index >= 15 is 0 Å². The summed E-state index contributed by atoms with van der Waals surface area (Å²) in [4.78, 5) is 11.7. The average molecular weight is 248 g/mol. The van der Waals surface area contributed by atoms with Gasteiger partial charge in [0.05, 0.1) is 13.2 Å². The zero-order valence-electron chi connectivity index (χ0n) is 10.5. The van der Waals surface area contributed by atoms with E-state index in [2.05, 4.69) is 22.8 Å². The van der Waals surface area contributed by atoms with Crippen molar-refractivity contribution in [1.29, 1.82) is 0 Å². The quantitative estimate of drug-likeness (QED) is 0.807. The highest BCUT2D eigenvalue weighted by Gasteiger charge is 2.16. The molecular formula is C14H20N2O2. The number of amides is 1. The Morgan fingerprint density at radius 1 is 1.39 bits per heavy atom. The zero-order valence-corrected chi connectivity index (χ0v) is 10.5. The maximum Gasteiger partial charge on any atom is 0.221 e. The van der Waals surface area contributed by atoms with Crippen molar-refractivity contribution in [1.82, 2.24) is 10.6 Å². The van der Waals surface area contributed by atoms with Gasteiger partial charge in [-0.1, -0.05) is 30.3 Å². The number of ether oxygens (including phenoxy) is 1. The van der Waals surface area contributed by atoms with Crippen LogP contribution in [0.2, 0.25) is 0 Å². The van der Waals surface area contributed by atoms with Gasteiger partial charge < -0.3 is 15.4 Å². The molecule has 4 nitrogen and oxygen atoms in total. The molecule has 1 amide bonds. The molecule has 2 rings (SSSR count). The second kappa shape index (κ2) is 7.13. The van der Waals surface area contributed by atoms with Crippen molar-refractivity contribution < 1.29 is 9.53 Å². The summed E-state index contributed by atoms with van der Waals surface area (Å²) >= 11 is 0. The molecule has 18 heavy (non-hydrogen) atoms. The van der Waals surface area contributed by atoms with Crippen LogP contribution in [-0.4, -0.2) is 38.3 Å². The summed E-state index contributed by atoms with van der Waals surface area (Å²) in [7, 11) is 0. The van der Waals surface area contributed by atoms with Gasteiger partial charge >= 0.3 is 0 Å². The molecular weight excluding hydrogens is 228 g/mol. The first kappa shape index (κ1) is 13.1. The minimum atomic E-state index is 0.0916. The van der Waals surface area contributed by atoms with Crippen LogP contribution < -0.4 is 10.6 Å². The molecule has 0 spiro atoms. The average Bonchev–Trinajstić information content (AvgIpc) is 2.41. The third-order valence-electron chi connectivity index (χ3n) is 3.01. The molecule has 2 N–H and O–H groups in total. The van der Waals surface area contributed by atoms with Crippen molar-refractivity contribution in [2.45, 2.75) is 18.9 Å². The van der Waals surface area contributed by atoms with Gasteiger partial charge in [-0.15, -0.1) is 0 Å². The second-order valence-corrected chi connectivity index (χ2v) is 4.52. The molecule has 1 saturated heterocycles. The highest BCUT2D eigenvalue weighted by molar-refractivity contribution is 5.76. The number of morpholine rings is 1. The zero-order chi connectivity index (χ0) is 12.6. The van der Waals surface area contributed by atoms with Crippen molar-refractivity contribution in [3.63, 3.8) is 0 Å². The normalized spacial score (nSPS) is 19.4. The number of hydrogen-bond donors (Lipinski definition) is 2. The third kappa shape index (κ3) is 4.47. The van der Waals surface area contributed by atoms with Crippen LogP contribution in [0.3, 0.4) is 0 Å². The first-order valence-electron chi connectivity index (χ1n) is 6.46. The van der Waals surface area contributed by atoms with Crippen LogP contribution in [0.15, 0.2) is 30.3 Å². The summed E-state index contributed by atoms with van der Waals surface area (Å²) in [5, 5.41) is 6.22. The Kier molecular flexibility index (Phi) is 5.17. The van der Waals surface area contributed by atoms with Crippen LogP contribution in [0.25, 0.3) is 0 Å². The Hall–Kier alpha value is -1.39. The van der Waals surface area contributed by atoms with E-state index in [0.717, 1.165) is 19.6 Å². The fourth-order valence-corrected chi connectivity index (χ4v) is 2.04. The first-order valence-corrected chi connectivity index (χ1v) is 6.46. The number of nitrogens with one attached hydrogen (secondary N) is 2. The van der Waals surface area contributed by atoms with E-state index in [1.165, 1.54) is 5.56 Å². The highest BCUT2D eigenvalue weighted by atomic mass is 16.5. The Balaban J connectivity index is 1.62. The lowest BCUT2D eigenvalue weighted by Gasteiger charge is -2.23. The molecule has 1 fully saturated rings. The predicted molar refractivity (Wildman–Crippen MR) is 70.4 cm³/mol. The maximum atomic E-state index is 11.7. The van der Waals surface area contributed by atoms with Crippen LogP contribution in [-0.2, 0) is 16.0 Å². The van der Waals surface area contributed by atoms with E-state index in [9.17, 15) is 4.79 Å². The van der Waals surface area contributed by atoms with E-state index in [0.29, 0.717) is 19.6 Å². The molecule has 1 atom stereocenters. The van der Waals surface area contributed by atoms with Crippen molar-refractivity contribution in [3.8, 4) is 0 Å². The highest BCUT2D eigenvalue weighted by Crippen LogP contribution is 2.00. The molecule has 0 radical (unpaired) electrons. The van der Waals surface area contributed by atoms with E-state index in [1.807, 2.05) is 18.2 Å². The van der Waals surface area contributed by atoms with E-state index in [1.54, 1.807) is 0 Å². The maximum absolute atomic E-state index is 11.7. The molecule has 1 aliphatic heterocycles. The molecule has 1 heterocycles. The monoisotopic (exact) mass is 248 g/mol. The minimum Gasteiger partial charge on any atom is -0.378 e. The summed E-state index contributed by atoms with van der Waals surface area (Å²) in [5.74, 6) is 0.0916. The summed E-state index contributed by atoms with van der Waals surface area (Å²) in [5.41, 5.74) is 1.25. The van der Waals surface area contributed by atoms with Gasteiger partial charge in [0.2, 0.25) is 5.91 Å². The van der Waals surface area contributed by atoms with Crippen LogP contribution >= 0.6 is 0 Å². The van der Waals surface area contributed by atoms with Crippen molar-refractivity contribution in [2.75, 3.05) is 26.3 Å². The van der Waals surface area contributed by atoms with Gasteiger partial charge in [-0.3, -0.25) is 4.79 Å². The molecule has 1 aromatic carbocycles. The number of carbonyl (C=O) groups is 1. The lowest BCUT2D eigenvalue weighted by atomic mass is 10.1. The van der Waals surface area contributed by atoms with Gasteiger partial charge in [0.15, 0.2) is 0 Å². The van der Waals surface area contributed by atoms with E-state index in [4.69, 9.17) is 4.74 Å². The Morgan fingerprint density at radius 3 is 2.94 bits per heavy atom. The van der Waals surface area contributed by atoms with E-state index in [-0.39, 0.29) is 11.9 Å². The molecule has 4 heteroatoms. The first-order chi connectivity index (χ1) is 8.84. The molecule has 0 saturated carbocycles. The van der Waals surface area contributed by atoms with Crippen LogP contribution in [0.1, 0.15) is 12.0 Å². The summed E-state index contributed by atoms with van der Waals surface area (Å²) in [6.45, 7) is 2.90. The van der Waals surface area contributed by atoms with Crippen LogP contribution in [0.5, 0.6) is 0 Å². The molecule has 1 aromatic rings. The summed E-state index contributed by atoms with van der Waals surface area (Å²) in [6, 6.07) is 10.3. The van der Waals surface area contributed by atoms with Crippen molar-refractivity contribution >= 4 is 5.91 Å². The Morgan fingerprint density at radius 2 is 2.22 bits per heavy atom. The molecule has 1 aliphatic rings. The van der Waals surface area contributed by atoms with Crippen molar-refractivity contribution in [2.24, 2.45) is 0 Å². The lowest BCUT2D eigenvalue weighted by Crippen LogP contribution is -2.44. The number of benzene rings is 1. The van der Waals surface area contributed by atoms with Gasteiger partial charge in [-0.25, -0.2) is 0 Å². The molecule has 98 valence electrons. The van der Waals surface area contributed by atoms with Gasteiger partial charge in [-0.2, -0.15) is 0 Å². The van der Waals surface area contributed by atoms with Gasteiger partial charge in [-0.05, 0) is 12.0 Å². The van der Waals surface area contributed by atoms with Gasteiger partial charge in [0.1, 0.15) is 0 Å². The Labute approximate surface area is 108 Å². The van der Waals surface area contributed by atoms with Crippen LogP contribution in [0.4, 0.5) is 0 Å². The van der Waals surface area contributed by atoms with Crippen LogP contribution in [0, 0.1) is 0 Å². The predicted octanol–water partition coefficient (Wildman–Crippen LogP) is 0.724. The summed E-state index contributed by atoms with van der Waals surface area (Å²) in [6.07, 6.45) is 1.37. The molecule has 0 aliphatic carbocycles. The van der Waals surface area contributed by atoms with Crippen molar-refractivity contribution in [3.05, 3.63) is 35.9 Å². The second-order valence-electron chi connectivity index (χ2n) is 4.52. The molecule has 1 unspecified atom stereocenters. The standard InChI is InChI=1S/C14H20N2O2/c17-14(10-13-11-18-9-8-15-13)16-7-6-12-4-2-1-3-5-12/h1-5,13,15H,6-11H2,(H,16,17). The number of hydrogen-bond acceptors (Lipinski definition) is 3. The van der Waals surface area contributed by atoms with Gasteiger partial charge in [0.25, 0.3) is 0 Å².